The Kier molecular flexibility index (Phi) is 4.53. The van der Waals surface area contributed by atoms with E-state index in [1.54, 1.807) is 24.0 Å². The standard InChI is InChI=1S/C17H19N3O3S/c1-11-10-24-17(18-11)19(2)16(22)12-8-15(21)20(9-12)13-4-6-14(23-3)7-5-13/h4-7,10,12H,8-9H2,1-3H3/t12-/m1/s1. The van der Waals surface area contributed by atoms with Gasteiger partial charge in [0.1, 0.15) is 5.75 Å². The highest BCUT2D eigenvalue weighted by Crippen LogP contribution is 2.29. The van der Waals surface area contributed by atoms with Crippen molar-refractivity contribution < 1.29 is 14.3 Å². The molecule has 1 saturated heterocycles. The summed E-state index contributed by atoms with van der Waals surface area (Å²) in [5.74, 6) is 0.265. The SMILES string of the molecule is COc1ccc(N2C[C@H](C(=O)N(C)c3nc(C)cs3)CC2=O)cc1. The first-order valence-corrected chi connectivity index (χ1v) is 8.51. The Morgan fingerprint density at radius 3 is 2.67 bits per heavy atom. The molecule has 1 aromatic heterocycles. The maximum atomic E-state index is 12.7. The molecule has 1 fully saturated rings. The van der Waals surface area contributed by atoms with Crippen molar-refractivity contribution in [3.05, 3.63) is 35.3 Å². The van der Waals surface area contributed by atoms with Crippen LogP contribution < -0.4 is 14.5 Å². The van der Waals surface area contributed by atoms with E-state index in [1.807, 2.05) is 36.6 Å². The third-order valence-electron chi connectivity index (χ3n) is 4.08. The van der Waals surface area contributed by atoms with Crippen molar-refractivity contribution in [2.75, 3.05) is 30.5 Å². The lowest BCUT2D eigenvalue weighted by atomic mass is 10.1. The number of aryl methyl sites for hydroxylation is 1. The number of thiazole rings is 1. The Balaban J connectivity index is 1.72. The van der Waals surface area contributed by atoms with Crippen molar-refractivity contribution in [1.82, 2.24) is 4.98 Å². The second-order valence-corrected chi connectivity index (χ2v) is 6.61. The van der Waals surface area contributed by atoms with Crippen molar-refractivity contribution in [2.24, 2.45) is 5.92 Å². The first kappa shape index (κ1) is 16.4. The summed E-state index contributed by atoms with van der Waals surface area (Å²) in [4.78, 5) is 32.5. The van der Waals surface area contributed by atoms with Crippen LogP contribution in [0.15, 0.2) is 29.6 Å². The summed E-state index contributed by atoms with van der Waals surface area (Å²) >= 11 is 1.43. The number of nitrogens with zero attached hydrogens (tertiary/aromatic N) is 3. The molecule has 0 radical (unpaired) electrons. The summed E-state index contributed by atoms with van der Waals surface area (Å²) in [5.41, 5.74) is 1.67. The van der Waals surface area contributed by atoms with Gasteiger partial charge in [0, 0.05) is 31.1 Å². The predicted octanol–water partition coefficient (Wildman–Crippen LogP) is 2.48. The molecular weight excluding hydrogens is 326 g/mol. The number of hydrogen-bond donors (Lipinski definition) is 0. The van der Waals surface area contributed by atoms with Crippen LogP contribution >= 0.6 is 11.3 Å². The monoisotopic (exact) mass is 345 g/mol. The van der Waals surface area contributed by atoms with Crippen LogP contribution in [-0.4, -0.2) is 37.5 Å². The molecule has 0 spiro atoms. The third kappa shape index (κ3) is 3.12. The fourth-order valence-electron chi connectivity index (χ4n) is 2.75. The Morgan fingerprint density at radius 2 is 2.08 bits per heavy atom. The van der Waals surface area contributed by atoms with E-state index in [1.165, 1.54) is 11.3 Å². The van der Waals surface area contributed by atoms with Crippen LogP contribution in [0.25, 0.3) is 0 Å². The average molecular weight is 345 g/mol. The molecule has 126 valence electrons. The molecule has 0 saturated carbocycles. The zero-order chi connectivity index (χ0) is 17.3. The Hall–Kier alpha value is -2.41. The second-order valence-electron chi connectivity index (χ2n) is 5.77. The van der Waals surface area contributed by atoms with Gasteiger partial charge >= 0.3 is 0 Å². The van der Waals surface area contributed by atoms with E-state index < -0.39 is 0 Å². The number of amides is 2. The topological polar surface area (TPSA) is 62.7 Å². The molecule has 1 aliphatic heterocycles. The molecule has 0 aliphatic carbocycles. The number of anilines is 2. The van der Waals surface area contributed by atoms with Gasteiger partial charge in [0.05, 0.1) is 18.7 Å². The number of ether oxygens (including phenoxy) is 1. The van der Waals surface area contributed by atoms with Crippen molar-refractivity contribution in [2.45, 2.75) is 13.3 Å². The van der Waals surface area contributed by atoms with Crippen LogP contribution in [0.1, 0.15) is 12.1 Å². The van der Waals surface area contributed by atoms with Gasteiger partial charge in [0.25, 0.3) is 0 Å². The molecule has 1 aromatic carbocycles. The molecule has 7 heteroatoms. The molecule has 2 amide bonds. The Bertz CT molecular complexity index is 757. The summed E-state index contributed by atoms with van der Waals surface area (Å²) in [6.07, 6.45) is 0.222. The van der Waals surface area contributed by atoms with Crippen LogP contribution in [0.5, 0.6) is 5.75 Å². The zero-order valence-electron chi connectivity index (χ0n) is 13.9. The van der Waals surface area contributed by atoms with Crippen LogP contribution in [0.3, 0.4) is 0 Å². The maximum absolute atomic E-state index is 12.7. The van der Waals surface area contributed by atoms with Gasteiger partial charge in [0.2, 0.25) is 11.8 Å². The highest BCUT2D eigenvalue weighted by Gasteiger charge is 2.37. The first-order chi connectivity index (χ1) is 11.5. The van der Waals surface area contributed by atoms with E-state index in [9.17, 15) is 9.59 Å². The first-order valence-electron chi connectivity index (χ1n) is 7.63. The fourth-order valence-corrected chi connectivity index (χ4v) is 3.52. The van der Waals surface area contributed by atoms with Crippen molar-refractivity contribution >= 4 is 34.0 Å². The fraction of sp³-hybridized carbons (Fsp3) is 0.353. The number of benzene rings is 1. The van der Waals surface area contributed by atoms with Gasteiger partial charge in [-0.1, -0.05) is 0 Å². The Morgan fingerprint density at radius 1 is 1.38 bits per heavy atom. The Labute approximate surface area is 144 Å². The number of aromatic nitrogens is 1. The van der Waals surface area contributed by atoms with Gasteiger partial charge in [0.15, 0.2) is 5.13 Å². The number of rotatable bonds is 4. The minimum absolute atomic E-state index is 0.0396. The molecule has 3 rings (SSSR count). The summed E-state index contributed by atoms with van der Waals surface area (Å²) in [7, 11) is 3.31. The normalized spacial score (nSPS) is 17.2. The summed E-state index contributed by atoms with van der Waals surface area (Å²) in [6, 6.07) is 7.28. The molecule has 0 unspecified atom stereocenters. The van der Waals surface area contributed by atoms with E-state index in [0.717, 1.165) is 17.1 Å². The summed E-state index contributed by atoms with van der Waals surface area (Å²) in [6.45, 7) is 2.28. The van der Waals surface area contributed by atoms with Crippen LogP contribution in [-0.2, 0) is 9.59 Å². The van der Waals surface area contributed by atoms with Gasteiger partial charge in [-0.2, -0.15) is 0 Å². The number of carbonyl (C=O) groups excluding carboxylic acids is 2. The lowest BCUT2D eigenvalue weighted by Crippen LogP contribution is -2.34. The van der Waals surface area contributed by atoms with Crippen LogP contribution in [0.4, 0.5) is 10.8 Å². The zero-order valence-corrected chi connectivity index (χ0v) is 14.7. The molecule has 24 heavy (non-hydrogen) atoms. The predicted molar refractivity (Wildman–Crippen MR) is 93.7 cm³/mol. The largest absolute Gasteiger partial charge is 0.497 e. The molecule has 1 aliphatic rings. The molecule has 0 bridgehead atoms. The lowest BCUT2D eigenvalue weighted by molar-refractivity contribution is -0.124. The maximum Gasteiger partial charge on any atom is 0.233 e. The molecular formula is C17H19N3O3S. The van der Waals surface area contributed by atoms with Gasteiger partial charge in [-0.25, -0.2) is 4.98 Å². The number of hydrogen-bond acceptors (Lipinski definition) is 5. The van der Waals surface area contributed by atoms with Gasteiger partial charge in [-0.05, 0) is 31.2 Å². The summed E-state index contributed by atoms with van der Waals surface area (Å²) < 4.78 is 5.13. The third-order valence-corrected chi connectivity index (χ3v) is 5.12. The number of methoxy groups -OCH3 is 1. The summed E-state index contributed by atoms with van der Waals surface area (Å²) in [5, 5.41) is 2.57. The smallest absolute Gasteiger partial charge is 0.233 e. The van der Waals surface area contributed by atoms with Crippen molar-refractivity contribution in [1.29, 1.82) is 0 Å². The molecule has 1 atom stereocenters. The minimum Gasteiger partial charge on any atom is -0.497 e. The van der Waals surface area contributed by atoms with Gasteiger partial charge in [-0.3, -0.25) is 14.5 Å². The quantitative estimate of drug-likeness (QED) is 0.854. The number of carbonyl (C=O) groups is 2. The van der Waals surface area contributed by atoms with Crippen LogP contribution in [0.2, 0.25) is 0 Å². The molecule has 2 aromatic rings. The molecule has 0 N–H and O–H groups in total. The molecule has 6 nitrogen and oxygen atoms in total. The lowest BCUT2D eigenvalue weighted by Gasteiger charge is -2.19. The van der Waals surface area contributed by atoms with E-state index >= 15 is 0 Å². The van der Waals surface area contributed by atoms with E-state index in [4.69, 9.17) is 4.74 Å². The van der Waals surface area contributed by atoms with Gasteiger partial charge in [-0.15, -0.1) is 11.3 Å². The van der Waals surface area contributed by atoms with Crippen molar-refractivity contribution in [3.8, 4) is 5.75 Å². The van der Waals surface area contributed by atoms with Gasteiger partial charge < -0.3 is 9.64 Å². The van der Waals surface area contributed by atoms with E-state index in [-0.39, 0.29) is 24.2 Å². The van der Waals surface area contributed by atoms with Crippen molar-refractivity contribution in [3.63, 3.8) is 0 Å². The highest BCUT2D eigenvalue weighted by molar-refractivity contribution is 7.14. The molecule has 2 heterocycles. The van der Waals surface area contributed by atoms with Crippen LogP contribution in [0, 0.1) is 12.8 Å². The second kappa shape index (κ2) is 6.60. The highest BCUT2D eigenvalue weighted by atomic mass is 32.1. The van der Waals surface area contributed by atoms with E-state index in [2.05, 4.69) is 4.98 Å². The van der Waals surface area contributed by atoms with E-state index in [0.29, 0.717) is 11.7 Å². The average Bonchev–Trinajstić information content (AvgIpc) is 3.19. The minimum atomic E-state index is -0.353.